The minimum atomic E-state index is -0.509. The molecule has 0 spiro atoms. The maximum absolute atomic E-state index is 12.3. The molecule has 1 heterocycles. The first-order valence-corrected chi connectivity index (χ1v) is 10.7. The third kappa shape index (κ3) is 4.59. The van der Waals surface area contributed by atoms with Gasteiger partial charge in [0.05, 0.1) is 11.4 Å². The fourth-order valence-corrected chi connectivity index (χ4v) is 3.78. The molecule has 2 aromatic carbocycles. The standard InChI is InChI=1S/C25H29N5O2/c1-16-6-4-9-23(30(27)25(31)29(3)26)21(16)15-32-24-13-12-19(14-20(24)18-10-11-18)22-8-5-7-17(2)28-22/h4-9,12-14,18H,10-11,15,26-27H2,1-3H3. The van der Waals surface area contributed by atoms with Crippen molar-refractivity contribution >= 4 is 11.7 Å². The molecule has 0 bridgehead atoms. The summed E-state index contributed by atoms with van der Waals surface area (Å²) in [5, 5.41) is 2.01. The molecule has 4 rings (SSSR count). The second-order valence-corrected chi connectivity index (χ2v) is 8.32. The summed E-state index contributed by atoms with van der Waals surface area (Å²) in [6.07, 6.45) is 2.31. The molecule has 7 nitrogen and oxygen atoms in total. The number of pyridine rings is 1. The third-order valence-corrected chi connectivity index (χ3v) is 5.74. The summed E-state index contributed by atoms with van der Waals surface area (Å²) in [6, 6.07) is 17.4. The number of nitrogens with zero attached hydrogens (tertiary/aromatic N) is 3. The zero-order chi connectivity index (χ0) is 22.8. The van der Waals surface area contributed by atoms with Crippen LogP contribution in [-0.4, -0.2) is 23.1 Å². The summed E-state index contributed by atoms with van der Waals surface area (Å²) >= 11 is 0. The van der Waals surface area contributed by atoms with Gasteiger partial charge in [0, 0.05) is 23.9 Å². The molecule has 4 N–H and O–H groups in total. The van der Waals surface area contributed by atoms with E-state index in [2.05, 4.69) is 11.1 Å². The van der Waals surface area contributed by atoms with Crippen molar-refractivity contribution in [3.63, 3.8) is 0 Å². The number of carbonyl (C=O) groups is 1. The van der Waals surface area contributed by atoms with E-state index in [1.165, 1.54) is 12.6 Å². The van der Waals surface area contributed by atoms with E-state index >= 15 is 0 Å². The number of aryl methyl sites for hydroxylation is 2. The van der Waals surface area contributed by atoms with Gasteiger partial charge in [0.15, 0.2) is 0 Å². The Morgan fingerprint density at radius 1 is 1.09 bits per heavy atom. The highest BCUT2D eigenvalue weighted by Gasteiger charge is 2.28. The van der Waals surface area contributed by atoms with Crippen LogP contribution < -0.4 is 21.4 Å². The van der Waals surface area contributed by atoms with Crippen LogP contribution in [0.4, 0.5) is 10.5 Å². The van der Waals surface area contributed by atoms with Crippen molar-refractivity contribution in [2.24, 2.45) is 11.7 Å². The van der Waals surface area contributed by atoms with Crippen LogP contribution in [0.2, 0.25) is 0 Å². The number of amides is 2. The molecule has 1 aromatic heterocycles. The Morgan fingerprint density at radius 3 is 2.53 bits per heavy atom. The van der Waals surface area contributed by atoms with Gasteiger partial charge in [-0.25, -0.2) is 21.5 Å². The van der Waals surface area contributed by atoms with Crippen molar-refractivity contribution in [3.8, 4) is 17.0 Å². The fourth-order valence-electron chi connectivity index (χ4n) is 3.78. The first kappa shape index (κ1) is 21.8. The topological polar surface area (TPSA) is 97.7 Å². The SMILES string of the molecule is Cc1cccc(-c2ccc(OCc3c(C)cccc3N(N)C(=O)N(C)N)c(C3CC3)c2)n1. The molecule has 1 fully saturated rings. The Hall–Kier alpha value is -3.42. The van der Waals surface area contributed by atoms with Gasteiger partial charge in [-0.15, -0.1) is 0 Å². The first-order valence-electron chi connectivity index (χ1n) is 10.7. The number of urea groups is 1. The van der Waals surface area contributed by atoms with Gasteiger partial charge in [-0.05, 0) is 80.1 Å². The van der Waals surface area contributed by atoms with E-state index in [1.54, 1.807) is 6.07 Å². The van der Waals surface area contributed by atoms with Crippen LogP contribution in [0, 0.1) is 13.8 Å². The van der Waals surface area contributed by atoms with Gasteiger partial charge in [-0.1, -0.05) is 18.2 Å². The van der Waals surface area contributed by atoms with Gasteiger partial charge >= 0.3 is 6.03 Å². The van der Waals surface area contributed by atoms with Crippen molar-refractivity contribution in [1.82, 2.24) is 9.99 Å². The molecule has 0 atom stereocenters. The van der Waals surface area contributed by atoms with E-state index in [4.69, 9.17) is 16.4 Å². The molecule has 2 amide bonds. The monoisotopic (exact) mass is 431 g/mol. The molecule has 32 heavy (non-hydrogen) atoms. The Morgan fingerprint density at radius 2 is 1.84 bits per heavy atom. The first-order chi connectivity index (χ1) is 15.3. The van der Waals surface area contributed by atoms with Crippen LogP contribution in [0.25, 0.3) is 11.3 Å². The lowest BCUT2D eigenvalue weighted by molar-refractivity contribution is 0.216. The van der Waals surface area contributed by atoms with E-state index in [-0.39, 0.29) is 0 Å². The number of anilines is 1. The molecule has 0 unspecified atom stereocenters. The Balaban J connectivity index is 1.61. The smallest absolute Gasteiger partial charge is 0.352 e. The lowest BCUT2D eigenvalue weighted by Crippen LogP contribution is -2.49. The minimum absolute atomic E-state index is 0.291. The van der Waals surface area contributed by atoms with Crippen LogP contribution >= 0.6 is 0 Å². The molecule has 1 aliphatic carbocycles. The van der Waals surface area contributed by atoms with Crippen LogP contribution in [0.1, 0.15) is 41.1 Å². The van der Waals surface area contributed by atoms with Crippen LogP contribution in [0.3, 0.4) is 0 Å². The molecule has 0 radical (unpaired) electrons. The molecule has 1 saturated carbocycles. The number of carbonyl (C=O) groups excluding carboxylic acids is 1. The number of hydrogen-bond acceptors (Lipinski definition) is 5. The van der Waals surface area contributed by atoms with E-state index in [1.807, 2.05) is 56.3 Å². The summed E-state index contributed by atoms with van der Waals surface area (Å²) < 4.78 is 6.29. The fraction of sp³-hybridized carbons (Fsp3) is 0.280. The summed E-state index contributed by atoms with van der Waals surface area (Å²) in [5.41, 5.74) is 6.64. The number of benzene rings is 2. The van der Waals surface area contributed by atoms with Crippen molar-refractivity contribution < 1.29 is 9.53 Å². The van der Waals surface area contributed by atoms with Gasteiger partial charge in [0.1, 0.15) is 12.4 Å². The van der Waals surface area contributed by atoms with Crippen LogP contribution in [0.5, 0.6) is 5.75 Å². The number of nitrogens with two attached hydrogens (primary N) is 2. The molecule has 166 valence electrons. The van der Waals surface area contributed by atoms with Crippen molar-refractivity contribution in [3.05, 3.63) is 77.0 Å². The summed E-state index contributed by atoms with van der Waals surface area (Å²) in [6.45, 7) is 4.26. The van der Waals surface area contributed by atoms with E-state index in [0.29, 0.717) is 18.2 Å². The molecule has 7 heteroatoms. The van der Waals surface area contributed by atoms with Gasteiger partial charge < -0.3 is 4.74 Å². The molecule has 3 aromatic rings. The predicted molar refractivity (Wildman–Crippen MR) is 126 cm³/mol. The highest BCUT2D eigenvalue weighted by Crippen LogP contribution is 2.45. The van der Waals surface area contributed by atoms with E-state index < -0.39 is 6.03 Å². The van der Waals surface area contributed by atoms with Crippen molar-refractivity contribution in [2.45, 2.75) is 39.2 Å². The molecular weight excluding hydrogens is 402 g/mol. The quantitative estimate of drug-likeness (QED) is 0.342. The zero-order valence-electron chi connectivity index (χ0n) is 18.7. The number of hydrogen-bond donors (Lipinski definition) is 2. The molecule has 1 aliphatic rings. The zero-order valence-corrected chi connectivity index (χ0v) is 18.7. The van der Waals surface area contributed by atoms with Gasteiger partial charge in [0.2, 0.25) is 0 Å². The van der Waals surface area contributed by atoms with Crippen molar-refractivity contribution in [1.29, 1.82) is 0 Å². The second-order valence-electron chi connectivity index (χ2n) is 8.32. The Kier molecular flexibility index (Phi) is 6.12. The maximum Gasteiger partial charge on any atom is 0.352 e. The highest BCUT2D eigenvalue weighted by molar-refractivity contribution is 5.91. The Bertz CT molecular complexity index is 1140. The number of hydrazine groups is 2. The van der Waals surface area contributed by atoms with Gasteiger partial charge in [-0.2, -0.15) is 0 Å². The summed E-state index contributed by atoms with van der Waals surface area (Å²) in [4.78, 5) is 16.9. The van der Waals surface area contributed by atoms with E-state index in [9.17, 15) is 4.79 Å². The van der Waals surface area contributed by atoms with Crippen LogP contribution in [0.15, 0.2) is 54.6 Å². The third-order valence-electron chi connectivity index (χ3n) is 5.74. The van der Waals surface area contributed by atoms with Gasteiger partial charge in [0.25, 0.3) is 0 Å². The average molecular weight is 432 g/mol. The van der Waals surface area contributed by atoms with Gasteiger partial charge in [-0.3, -0.25) is 9.99 Å². The maximum atomic E-state index is 12.3. The largest absolute Gasteiger partial charge is 0.489 e. The minimum Gasteiger partial charge on any atom is -0.489 e. The lowest BCUT2D eigenvalue weighted by atomic mass is 10.0. The van der Waals surface area contributed by atoms with E-state index in [0.717, 1.165) is 56.7 Å². The average Bonchev–Trinajstić information content (AvgIpc) is 3.62. The predicted octanol–water partition coefficient (Wildman–Crippen LogP) is 4.43. The number of ether oxygens (including phenoxy) is 1. The molecular formula is C25H29N5O2. The summed E-state index contributed by atoms with van der Waals surface area (Å²) in [5.74, 6) is 13.0. The number of rotatable bonds is 6. The summed E-state index contributed by atoms with van der Waals surface area (Å²) in [7, 11) is 1.46. The molecule has 0 aliphatic heterocycles. The molecule has 0 saturated heterocycles. The van der Waals surface area contributed by atoms with Crippen molar-refractivity contribution in [2.75, 3.05) is 12.1 Å². The highest BCUT2D eigenvalue weighted by atomic mass is 16.5. The normalized spacial score (nSPS) is 13.0. The number of aromatic nitrogens is 1. The second kappa shape index (κ2) is 8.98. The lowest BCUT2D eigenvalue weighted by Gasteiger charge is -2.24. The van der Waals surface area contributed by atoms with Crippen LogP contribution in [-0.2, 0) is 6.61 Å². The Labute approximate surface area is 188 Å².